The SMILES string of the molecule is C.CC(C)CC(C(=O)O)n1cc(CN(C)C)ccc1=O.COC(=O)C[C@H](CC(=O)C(CC(C)C)n1cc(CN(C)C)ccc1=O)c1cccc(-c2c(C)cccc2C)c1.COC(=O)C[C@H](N)c1cccc(-c2c(C)cccc2C)c1. The molecule has 0 fully saturated rings. The lowest BCUT2D eigenvalue weighted by molar-refractivity contribution is -0.142. The van der Waals surface area contributed by atoms with Crippen molar-refractivity contribution in [1.29, 1.82) is 0 Å². The van der Waals surface area contributed by atoms with Crippen molar-refractivity contribution in [3.8, 4) is 22.3 Å². The number of carboxylic acid groups (broad SMARTS) is 1. The molecule has 2 aromatic heterocycles. The van der Waals surface area contributed by atoms with Crippen LogP contribution in [0.4, 0.5) is 0 Å². The molecule has 80 heavy (non-hydrogen) atoms. The van der Waals surface area contributed by atoms with Gasteiger partial charge in [-0.25, -0.2) is 4.79 Å². The molecule has 0 aliphatic heterocycles. The number of hydrogen-bond acceptors (Lipinski definition) is 11. The first-order valence-corrected chi connectivity index (χ1v) is 27.0. The second kappa shape index (κ2) is 32.1. The second-order valence-electron chi connectivity index (χ2n) is 22.0. The maximum absolute atomic E-state index is 14.0. The molecule has 0 spiro atoms. The van der Waals surface area contributed by atoms with Crippen molar-refractivity contribution in [2.75, 3.05) is 42.4 Å². The highest BCUT2D eigenvalue weighted by atomic mass is 16.5. The number of methoxy groups -OCH3 is 2. The number of aromatic nitrogens is 2. The monoisotopic (exact) mass is 1100 g/mol. The molecule has 0 aliphatic carbocycles. The number of ether oxygens (including phenoxy) is 2. The number of ketones is 1. The van der Waals surface area contributed by atoms with Crippen LogP contribution in [-0.2, 0) is 41.7 Å². The van der Waals surface area contributed by atoms with Gasteiger partial charge in [0.05, 0.1) is 33.1 Å². The van der Waals surface area contributed by atoms with E-state index in [4.69, 9.17) is 10.5 Å². The van der Waals surface area contributed by atoms with Crippen molar-refractivity contribution in [3.05, 3.63) is 187 Å². The first-order valence-electron chi connectivity index (χ1n) is 27.0. The Morgan fingerprint density at radius 3 is 1.35 bits per heavy atom. The number of esters is 2. The molecule has 6 rings (SSSR count). The van der Waals surface area contributed by atoms with Crippen molar-refractivity contribution in [2.45, 2.75) is 132 Å². The van der Waals surface area contributed by atoms with Crippen LogP contribution >= 0.6 is 0 Å². The molecule has 0 bridgehead atoms. The first kappa shape index (κ1) is 67.0. The topological polar surface area (TPSA) is 183 Å². The third-order valence-electron chi connectivity index (χ3n) is 13.6. The average molecular weight is 1100 g/mol. The highest BCUT2D eigenvalue weighted by Crippen LogP contribution is 2.34. The van der Waals surface area contributed by atoms with Gasteiger partial charge in [-0.2, -0.15) is 0 Å². The lowest BCUT2D eigenvalue weighted by atomic mass is 9.85. The molecule has 0 radical (unpaired) electrons. The van der Waals surface area contributed by atoms with E-state index in [0.29, 0.717) is 25.9 Å². The van der Waals surface area contributed by atoms with Gasteiger partial charge >= 0.3 is 17.9 Å². The fourth-order valence-corrected chi connectivity index (χ4v) is 9.89. The maximum atomic E-state index is 14.0. The van der Waals surface area contributed by atoms with Crippen molar-refractivity contribution < 1.29 is 33.8 Å². The van der Waals surface area contributed by atoms with Crippen molar-refractivity contribution in [2.24, 2.45) is 17.6 Å². The van der Waals surface area contributed by atoms with Crippen LogP contribution < -0.4 is 16.9 Å². The Morgan fingerprint density at radius 1 is 0.550 bits per heavy atom. The van der Waals surface area contributed by atoms with Gasteiger partial charge in [-0.1, -0.05) is 126 Å². The summed E-state index contributed by atoms with van der Waals surface area (Å²) in [4.78, 5) is 78.0. The summed E-state index contributed by atoms with van der Waals surface area (Å²) in [5.74, 6) is -1.63. The molecule has 4 atom stereocenters. The molecule has 6 aromatic rings. The highest BCUT2D eigenvalue weighted by Gasteiger charge is 2.29. The third-order valence-corrected chi connectivity index (χ3v) is 13.6. The molecule has 2 heterocycles. The van der Waals surface area contributed by atoms with Crippen LogP contribution in [0.1, 0.15) is 136 Å². The summed E-state index contributed by atoms with van der Waals surface area (Å²) in [6.45, 7) is 17.7. The molecule has 2 unspecified atom stereocenters. The molecular formula is C66H89N5O9. The molecule has 3 N–H and O–H groups in total. The molecule has 0 saturated heterocycles. The van der Waals surface area contributed by atoms with Crippen LogP contribution in [0.3, 0.4) is 0 Å². The minimum absolute atomic E-state index is 0. The molecule has 432 valence electrons. The number of benzene rings is 4. The maximum Gasteiger partial charge on any atom is 0.326 e. The van der Waals surface area contributed by atoms with Crippen LogP contribution in [0, 0.1) is 39.5 Å². The van der Waals surface area contributed by atoms with Gasteiger partial charge in [0, 0.05) is 56.0 Å². The fraction of sp³-hybridized carbons (Fsp3) is 0.424. The number of nitrogens with zero attached hydrogens (tertiary/aromatic N) is 4. The Morgan fingerprint density at radius 2 is 0.938 bits per heavy atom. The van der Waals surface area contributed by atoms with Crippen LogP contribution in [0.15, 0.2) is 131 Å². The predicted octanol–water partition coefficient (Wildman–Crippen LogP) is 11.8. The number of pyridine rings is 2. The Hall–Kier alpha value is -7.26. The molecule has 0 aliphatic rings. The van der Waals surface area contributed by atoms with E-state index in [9.17, 15) is 33.9 Å². The summed E-state index contributed by atoms with van der Waals surface area (Å²) in [7, 11) is 10.5. The summed E-state index contributed by atoms with van der Waals surface area (Å²) >= 11 is 0. The van der Waals surface area contributed by atoms with Crippen LogP contribution in [0.25, 0.3) is 22.3 Å². The van der Waals surface area contributed by atoms with Gasteiger partial charge < -0.3 is 39.2 Å². The lowest BCUT2D eigenvalue weighted by Crippen LogP contribution is -2.32. The van der Waals surface area contributed by atoms with E-state index in [2.05, 4.69) is 101 Å². The van der Waals surface area contributed by atoms with Crippen molar-refractivity contribution in [1.82, 2.24) is 18.9 Å². The number of rotatable bonds is 22. The number of Topliss-reactive ketones (excluding diaryl/α,β-unsaturated/α-hetero) is 1. The Balaban J connectivity index is 0.000000345. The van der Waals surface area contributed by atoms with Gasteiger partial charge in [-0.15, -0.1) is 0 Å². The van der Waals surface area contributed by atoms with E-state index in [1.54, 1.807) is 22.9 Å². The van der Waals surface area contributed by atoms with Crippen LogP contribution in [-0.4, -0.2) is 90.1 Å². The average Bonchev–Trinajstić information content (AvgIpc) is 3.38. The summed E-state index contributed by atoms with van der Waals surface area (Å²) in [5.41, 5.74) is 18.7. The van der Waals surface area contributed by atoms with Gasteiger partial charge in [-0.05, 0) is 153 Å². The molecule has 0 amide bonds. The smallest absolute Gasteiger partial charge is 0.326 e. The fourth-order valence-electron chi connectivity index (χ4n) is 9.89. The lowest BCUT2D eigenvalue weighted by Gasteiger charge is -2.25. The standard InChI is InChI=1S/C33H42N2O4.C18H21NO2.C14H22N2O3.CH4/c1-22(2)16-29(35-21-25(20-34(5)6)14-15-31(35)37)30(36)18-28(19-32(38)39-7)26-12-9-13-27(17-26)33-23(3)10-8-11-24(33)4;1-12-6-4-7-13(2)18(12)15-9-5-8-14(10-15)16(19)11-17(20)21-3;1-10(2)7-12(14(18)19)16-9-11(8-15(3)4)5-6-13(16)17;/h8-15,17,21-22,28-29H,16,18-20H2,1-7H3;4-10,16H,11,19H2,1-3H3;5-6,9-10,12H,7-8H2,1-4H3,(H,18,19);1H4/t28-,29?;16-;;/m00../s1. The van der Waals surface area contributed by atoms with Crippen LogP contribution in [0.5, 0.6) is 0 Å². The Labute approximate surface area is 475 Å². The van der Waals surface area contributed by atoms with Gasteiger partial charge in [0.25, 0.3) is 11.1 Å². The molecule has 14 nitrogen and oxygen atoms in total. The number of nitrogens with two attached hydrogens (primary N) is 1. The second-order valence-corrected chi connectivity index (χ2v) is 22.0. The third kappa shape index (κ3) is 20.1. The van der Waals surface area contributed by atoms with Gasteiger partial charge in [-0.3, -0.25) is 24.0 Å². The summed E-state index contributed by atoms with van der Waals surface area (Å²) < 4.78 is 12.6. The van der Waals surface area contributed by atoms with Crippen molar-refractivity contribution >= 4 is 23.7 Å². The number of carbonyl (C=O) groups excluding carboxylic acids is 3. The minimum Gasteiger partial charge on any atom is -0.480 e. The van der Waals surface area contributed by atoms with E-state index >= 15 is 0 Å². The summed E-state index contributed by atoms with van der Waals surface area (Å²) in [5, 5.41) is 9.30. The zero-order valence-corrected chi connectivity index (χ0v) is 49.0. The van der Waals surface area contributed by atoms with Crippen molar-refractivity contribution in [3.63, 3.8) is 0 Å². The number of carboxylic acids is 1. The summed E-state index contributed by atoms with van der Waals surface area (Å²) in [6, 6.07) is 33.4. The molecule has 4 aromatic carbocycles. The van der Waals surface area contributed by atoms with Gasteiger partial charge in [0.15, 0.2) is 5.78 Å². The highest BCUT2D eigenvalue weighted by molar-refractivity contribution is 5.84. The largest absolute Gasteiger partial charge is 0.480 e. The van der Waals surface area contributed by atoms with Gasteiger partial charge in [0.2, 0.25) is 0 Å². The Kier molecular flexibility index (Phi) is 26.9. The van der Waals surface area contributed by atoms with E-state index in [1.807, 2.05) is 94.4 Å². The number of aliphatic carboxylic acids is 1. The van der Waals surface area contributed by atoms with E-state index in [0.717, 1.165) is 38.9 Å². The quantitative estimate of drug-likeness (QED) is 0.0614. The number of carbonyl (C=O) groups is 4. The number of aryl methyl sites for hydroxylation is 4. The zero-order chi connectivity index (χ0) is 58.7. The molecule has 14 heteroatoms. The van der Waals surface area contributed by atoms with E-state index in [-0.39, 0.29) is 79.3 Å². The predicted molar refractivity (Wildman–Crippen MR) is 323 cm³/mol. The zero-order valence-electron chi connectivity index (χ0n) is 49.0. The molecule has 0 saturated carbocycles. The summed E-state index contributed by atoms with van der Waals surface area (Å²) in [6.07, 6.45) is 4.86. The number of hydrogen-bond donors (Lipinski definition) is 2. The van der Waals surface area contributed by atoms with Crippen LogP contribution in [0.2, 0.25) is 0 Å². The normalized spacial score (nSPS) is 12.5. The first-order chi connectivity index (χ1) is 37.3. The minimum atomic E-state index is -0.960. The molecular weight excluding hydrogens is 1010 g/mol. The van der Waals surface area contributed by atoms with Gasteiger partial charge in [0.1, 0.15) is 6.04 Å². The Bertz CT molecular complexity index is 3080. The van der Waals surface area contributed by atoms with E-state index < -0.39 is 18.1 Å². The van der Waals surface area contributed by atoms with E-state index in [1.165, 1.54) is 52.7 Å².